The van der Waals surface area contributed by atoms with E-state index in [0.29, 0.717) is 11.3 Å². The van der Waals surface area contributed by atoms with Crippen LogP contribution >= 0.6 is 12.2 Å². The van der Waals surface area contributed by atoms with Gasteiger partial charge in [-0.05, 0) is 30.3 Å². The Kier molecular flexibility index (Phi) is 3.30. The molecule has 2 aromatic rings. The molecule has 0 aliphatic rings. The molecule has 8 heteroatoms. The Labute approximate surface area is 109 Å². The fourth-order valence-corrected chi connectivity index (χ4v) is 2.41. The number of nitrogens with zero attached hydrogens (tertiary/aromatic N) is 1. The number of aromatic nitrogens is 2. The summed E-state index contributed by atoms with van der Waals surface area (Å²) in [5.41, 5.74) is 6.54. The molecule has 94 valence electrons. The van der Waals surface area contributed by atoms with Gasteiger partial charge in [-0.3, -0.25) is 9.82 Å². The summed E-state index contributed by atoms with van der Waals surface area (Å²) in [6.45, 7) is 0. The zero-order chi connectivity index (χ0) is 13.2. The Morgan fingerprint density at radius 2 is 1.94 bits per heavy atom. The molecule has 0 saturated heterocycles. The molecule has 0 saturated carbocycles. The molecule has 0 aliphatic heterocycles. The van der Waals surface area contributed by atoms with Crippen molar-refractivity contribution in [3.63, 3.8) is 0 Å². The van der Waals surface area contributed by atoms with Gasteiger partial charge >= 0.3 is 0 Å². The molecule has 1 heterocycles. The molecule has 1 aromatic carbocycles. The topological polar surface area (TPSA) is 101 Å². The van der Waals surface area contributed by atoms with Crippen molar-refractivity contribution < 1.29 is 8.42 Å². The van der Waals surface area contributed by atoms with Crippen molar-refractivity contribution in [1.29, 1.82) is 0 Å². The highest BCUT2D eigenvalue weighted by molar-refractivity contribution is 7.92. The Bertz CT molecular complexity index is 648. The Balaban J connectivity index is 2.22. The first-order chi connectivity index (χ1) is 8.49. The quantitative estimate of drug-likeness (QED) is 0.722. The fraction of sp³-hybridized carbons (Fsp3) is 0. The number of rotatable bonds is 4. The van der Waals surface area contributed by atoms with E-state index in [0.717, 1.165) is 0 Å². The highest BCUT2D eigenvalue weighted by Crippen LogP contribution is 2.14. The van der Waals surface area contributed by atoms with Gasteiger partial charge in [-0.2, -0.15) is 13.5 Å². The Morgan fingerprint density at radius 1 is 1.28 bits per heavy atom. The molecule has 6 nitrogen and oxygen atoms in total. The number of hydrogen-bond acceptors (Lipinski definition) is 4. The van der Waals surface area contributed by atoms with Crippen LogP contribution in [0.3, 0.4) is 0 Å². The van der Waals surface area contributed by atoms with Gasteiger partial charge < -0.3 is 5.73 Å². The molecule has 4 N–H and O–H groups in total. The van der Waals surface area contributed by atoms with Crippen LogP contribution < -0.4 is 10.5 Å². The van der Waals surface area contributed by atoms with E-state index in [1.54, 1.807) is 24.3 Å². The highest BCUT2D eigenvalue weighted by Gasteiger charge is 2.15. The van der Waals surface area contributed by atoms with Crippen molar-refractivity contribution in [1.82, 2.24) is 10.2 Å². The van der Waals surface area contributed by atoms with Crippen LogP contribution in [-0.2, 0) is 10.0 Å². The molecule has 0 bridgehead atoms. The number of H-pyrrole nitrogens is 1. The lowest BCUT2D eigenvalue weighted by molar-refractivity contribution is 0.597. The minimum Gasteiger partial charge on any atom is -0.389 e. The van der Waals surface area contributed by atoms with E-state index in [-0.39, 0.29) is 10.0 Å². The van der Waals surface area contributed by atoms with Crippen LogP contribution in [-0.4, -0.2) is 23.6 Å². The fourth-order valence-electron chi connectivity index (χ4n) is 1.31. The normalized spacial score (nSPS) is 11.1. The van der Waals surface area contributed by atoms with Crippen LogP contribution in [0, 0.1) is 0 Å². The summed E-state index contributed by atoms with van der Waals surface area (Å²) < 4.78 is 26.1. The van der Waals surface area contributed by atoms with Crippen molar-refractivity contribution in [3.8, 4) is 0 Å². The molecular formula is C10H10N4O2S2. The molecule has 0 atom stereocenters. The first-order valence-corrected chi connectivity index (χ1v) is 6.80. The maximum atomic E-state index is 11.8. The van der Waals surface area contributed by atoms with E-state index < -0.39 is 10.0 Å². The monoisotopic (exact) mass is 282 g/mol. The summed E-state index contributed by atoms with van der Waals surface area (Å²) >= 11 is 4.81. The first kappa shape index (κ1) is 12.5. The number of anilines is 1. The van der Waals surface area contributed by atoms with Gasteiger partial charge in [0.05, 0.1) is 6.20 Å². The molecule has 0 radical (unpaired) electrons. The van der Waals surface area contributed by atoms with Crippen LogP contribution in [0.4, 0.5) is 5.69 Å². The van der Waals surface area contributed by atoms with Gasteiger partial charge in [0, 0.05) is 11.3 Å². The number of thiocarbonyl (C=S) groups is 1. The standard InChI is InChI=1S/C10H10N4O2S2/c11-10(17)7-1-3-8(4-2-7)14-18(15,16)9-5-6-12-13-9/h1-6,14H,(H2,11,17)(H,12,13). The SMILES string of the molecule is NC(=S)c1ccc(NS(=O)(=O)c2ccn[nH]2)cc1. The van der Waals surface area contributed by atoms with Crippen LogP contribution in [0.15, 0.2) is 41.6 Å². The van der Waals surface area contributed by atoms with Crippen molar-refractivity contribution in [2.75, 3.05) is 4.72 Å². The van der Waals surface area contributed by atoms with Crippen molar-refractivity contribution in [2.24, 2.45) is 5.73 Å². The van der Waals surface area contributed by atoms with Crippen LogP contribution in [0.1, 0.15) is 5.56 Å². The predicted molar refractivity (Wildman–Crippen MR) is 71.7 cm³/mol. The number of hydrogen-bond donors (Lipinski definition) is 3. The van der Waals surface area contributed by atoms with Gasteiger partial charge in [0.2, 0.25) is 0 Å². The second-order valence-corrected chi connectivity index (χ2v) is 5.56. The van der Waals surface area contributed by atoms with Crippen molar-refractivity contribution in [3.05, 3.63) is 42.1 Å². The average Bonchev–Trinajstić information content (AvgIpc) is 2.83. The van der Waals surface area contributed by atoms with E-state index >= 15 is 0 Å². The third kappa shape index (κ3) is 2.66. The van der Waals surface area contributed by atoms with Gasteiger partial charge in [-0.1, -0.05) is 12.2 Å². The van der Waals surface area contributed by atoms with E-state index in [1.807, 2.05) is 0 Å². The molecule has 18 heavy (non-hydrogen) atoms. The van der Waals surface area contributed by atoms with Gasteiger partial charge in [-0.25, -0.2) is 0 Å². The van der Waals surface area contributed by atoms with Gasteiger partial charge in [0.1, 0.15) is 4.99 Å². The molecule has 1 aromatic heterocycles. The van der Waals surface area contributed by atoms with Gasteiger partial charge in [-0.15, -0.1) is 0 Å². The molecule has 0 spiro atoms. The summed E-state index contributed by atoms with van der Waals surface area (Å²) in [4.78, 5) is 0.262. The van der Waals surface area contributed by atoms with Gasteiger partial charge in [0.25, 0.3) is 10.0 Å². The minimum absolute atomic E-state index is 0.000854. The third-order valence-electron chi connectivity index (χ3n) is 2.19. The molecule has 2 rings (SSSR count). The maximum absolute atomic E-state index is 11.8. The lowest BCUT2D eigenvalue weighted by Gasteiger charge is -2.06. The zero-order valence-electron chi connectivity index (χ0n) is 9.12. The summed E-state index contributed by atoms with van der Waals surface area (Å²) in [6, 6.07) is 7.83. The molecule has 0 amide bonds. The number of sulfonamides is 1. The highest BCUT2D eigenvalue weighted by atomic mass is 32.2. The predicted octanol–water partition coefficient (Wildman–Crippen LogP) is 0.845. The number of aromatic amines is 1. The van der Waals surface area contributed by atoms with Crippen LogP contribution in [0.5, 0.6) is 0 Å². The van der Waals surface area contributed by atoms with Gasteiger partial charge in [0.15, 0.2) is 5.03 Å². The van der Waals surface area contributed by atoms with Crippen molar-refractivity contribution >= 4 is 32.9 Å². The molecular weight excluding hydrogens is 272 g/mol. The minimum atomic E-state index is -3.64. The first-order valence-electron chi connectivity index (χ1n) is 4.91. The molecule has 0 aliphatic carbocycles. The summed E-state index contributed by atoms with van der Waals surface area (Å²) in [5.74, 6) is 0. The molecule has 0 fully saturated rings. The summed E-state index contributed by atoms with van der Waals surface area (Å²) in [7, 11) is -3.64. The third-order valence-corrected chi connectivity index (χ3v) is 3.73. The number of nitrogens with two attached hydrogens (primary N) is 1. The summed E-state index contributed by atoms with van der Waals surface area (Å²) in [6.07, 6.45) is 1.37. The number of nitrogens with one attached hydrogen (secondary N) is 2. The lowest BCUT2D eigenvalue weighted by atomic mass is 10.2. The smallest absolute Gasteiger partial charge is 0.278 e. The van der Waals surface area contributed by atoms with Crippen molar-refractivity contribution in [2.45, 2.75) is 5.03 Å². The Morgan fingerprint density at radius 3 is 2.44 bits per heavy atom. The van der Waals surface area contributed by atoms with E-state index in [9.17, 15) is 8.42 Å². The summed E-state index contributed by atoms with van der Waals surface area (Å²) in [5, 5.41) is 5.98. The lowest BCUT2D eigenvalue weighted by Crippen LogP contribution is -2.14. The Hall–Kier alpha value is -1.93. The zero-order valence-corrected chi connectivity index (χ0v) is 10.8. The van der Waals surface area contributed by atoms with Crippen LogP contribution in [0.2, 0.25) is 0 Å². The number of benzene rings is 1. The maximum Gasteiger partial charge on any atom is 0.278 e. The average molecular weight is 282 g/mol. The van der Waals surface area contributed by atoms with E-state index in [4.69, 9.17) is 18.0 Å². The second-order valence-electron chi connectivity index (χ2n) is 3.47. The van der Waals surface area contributed by atoms with E-state index in [1.165, 1.54) is 12.3 Å². The van der Waals surface area contributed by atoms with Crippen LogP contribution in [0.25, 0.3) is 0 Å². The largest absolute Gasteiger partial charge is 0.389 e. The molecule has 0 unspecified atom stereocenters. The second kappa shape index (κ2) is 4.75. The van der Waals surface area contributed by atoms with E-state index in [2.05, 4.69) is 14.9 Å².